The summed E-state index contributed by atoms with van der Waals surface area (Å²) >= 11 is 0. The number of carbonyl (C=O) groups excluding carboxylic acids is 1. The molecule has 0 fully saturated rings. The summed E-state index contributed by atoms with van der Waals surface area (Å²) in [4.78, 5) is 25.9. The molecule has 4 aromatic rings. The molecule has 1 unspecified atom stereocenters. The van der Waals surface area contributed by atoms with Crippen molar-refractivity contribution >= 4 is 22.5 Å². The predicted molar refractivity (Wildman–Crippen MR) is 116 cm³/mol. The zero-order valence-corrected chi connectivity index (χ0v) is 17.9. The van der Waals surface area contributed by atoms with E-state index in [1.54, 1.807) is 4.40 Å². The highest BCUT2D eigenvalue weighted by Crippen LogP contribution is 2.18. The highest BCUT2D eigenvalue weighted by Gasteiger charge is 2.21. The van der Waals surface area contributed by atoms with Gasteiger partial charge in [0.25, 0.3) is 5.91 Å². The summed E-state index contributed by atoms with van der Waals surface area (Å²) in [6.45, 7) is 10.5. The fourth-order valence-corrected chi connectivity index (χ4v) is 4.04. The second-order valence-corrected chi connectivity index (χ2v) is 7.75. The van der Waals surface area contributed by atoms with Crippen molar-refractivity contribution in [1.29, 1.82) is 0 Å². The maximum atomic E-state index is 13.1. The molecule has 0 saturated heterocycles. The largest absolute Gasteiger partial charge is 0.350 e. The van der Waals surface area contributed by atoms with Crippen molar-refractivity contribution in [1.82, 2.24) is 29.3 Å². The minimum Gasteiger partial charge on any atom is -0.348 e. The summed E-state index contributed by atoms with van der Waals surface area (Å²) in [5, 5.41) is 12.9. The molecule has 0 spiro atoms. The third kappa shape index (κ3) is 3.18. The Hall–Kier alpha value is -3.42. The third-order valence-corrected chi connectivity index (χ3v) is 5.47. The zero-order valence-electron chi connectivity index (χ0n) is 17.9. The molecule has 1 aromatic carbocycles. The molecular formula is C22H26N6O2. The van der Waals surface area contributed by atoms with Gasteiger partial charge in [-0.1, -0.05) is 18.2 Å². The maximum Gasteiger partial charge on any atom is 0.350 e. The van der Waals surface area contributed by atoms with E-state index in [0.717, 1.165) is 22.2 Å². The van der Waals surface area contributed by atoms with E-state index in [9.17, 15) is 9.59 Å². The van der Waals surface area contributed by atoms with Gasteiger partial charge in [0.1, 0.15) is 0 Å². The van der Waals surface area contributed by atoms with Crippen molar-refractivity contribution in [2.75, 3.05) is 0 Å². The van der Waals surface area contributed by atoms with Crippen LogP contribution in [0, 0.1) is 20.8 Å². The number of rotatable bonds is 5. The molecule has 0 aliphatic carbocycles. The summed E-state index contributed by atoms with van der Waals surface area (Å²) in [5.74, 6) is -0.185. The van der Waals surface area contributed by atoms with E-state index >= 15 is 0 Å². The van der Waals surface area contributed by atoms with E-state index in [0.29, 0.717) is 23.4 Å². The van der Waals surface area contributed by atoms with E-state index < -0.39 is 0 Å². The molecule has 4 rings (SSSR count). The third-order valence-electron chi connectivity index (χ3n) is 5.47. The summed E-state index contributed by atoms with van der Waals surface area (Å²) in [6, 6.07) is 9.50. The van der Waals surface area contributed by atoms with Gasteiger partial charge in [0.05, 0.1) is 23.3 Å². The molecule has 1 N–H and O–H groups in total. The van der Waals surface area contributed by atoms with Gasteiger partial charge in [-0.25, -0.2) is 13.9 Å². The lowest BCUT2D eigenvalue weighted by Gasteiger charge is -2.13. The summed E-state index contributed by atoms with van der Waals surface area (Å²) < 4.78 is 4.88. The van der Waals surface area contributed by atoms with Crippen LogP contribution in [0.4, 0.5) is 0 Å². The Morgan fingerprint density at radius 3 is 2.57 bits per heavy atom. The van der Waals surface area contributed by atoms with Crippen LogP contribution in [0.5, 0.6) is 0 Å². The number of aromatic nitrogens is 5. The van der Waals surface area contributed by atoms with Gasteiger partial charge in [-0.3, -0.25) is 9.48 Å². The minimum atomic E-state index is -0.282. The Morgan fingerprint density at radius 1 is 1.13 bits per heavy atom. The number of fused-ring (bicyclic) bond motifs is 3. The average molecular weight is 406 g/mol. The highest BCUT2D eigenvalue weighted by molar-refractivity contribution is 5.96. The van der Waals surface area contributed by atoms with Gasteiger partial charge in [0, 0.05) is 18.3 Å². The van der Waals surface area contributed by atoms with Crippen LogP contribution in [0.15, 0.2) is 35.1 Å². The Morgan fingerprint density at radius 2 is 1.87 bits per heavy atom. The number of nitrogens with zero attached hydrogens (tertiary/aromatic N) is 5. The first-order chi connectivity index (χ1) is 14.3. The van der Waals surface area contributed by atoms with Crippen LogP contribution in [0.3, 0.4) is 0 Å². The smallest absolute Gasteiger partial charge is 0.348 e. The zero-order chi connectivity index (χ0) is 21.6. The first kappa shape index (κ1) is 19.9. The number of pyridine rings is 1. The average Bonchev–Trinajstić information content (AvgIpc) is 3.18. The molecule has 0 radical (unpaired) electrons. The molecule has 156 valence electrons. The van der Waals surface area contributed by atoms with Crippen LogP contribution < -0.4 is 11.0 Å². The first-order valence-corrected chi connectivity index (χ1v) is 10.1. The number of carbonyl (C=O) groups is 1. The normalized spacial score (nSPS) is 12.6. The van der Waals surface area contributed by atoms with Crippen LogP contribution in [0.2, 0.25) is 0 Å². The monoisotopic (exact) mass is 406 g/mol. The van der Waals surface area contributed by atoms with Crippen molar-refractivity contribution in [2.45, 2.75) is 53.8 Å². The number of para-hydroxylation sites is 1. The fourth-order valence-electron chi connectivity index (χ4n) is 4.04. The Balaban J connectivity index is 1.63. The van der Waals surface area contributed by atoms with Crippen molar-refractivity contribution < 1.29 is 4.79 Å². The molecule has 0 saturated carbocycles. The van der Waals surface area contributed by atoms with Gasteiger partial charge in [-0.2, -0.15) is 5.10 Å². The SMILES string of the molecule is CCn1nc(C)c(C(=O)NC(C)Cn2nc3c(C)cc4ccccc4n3c2=O)c1C. The van der Waals surface area contributed by atoms with Crippen molar-refractivity contribution in [3.8, 4) is 0 Å². The Labute approximate surface area is 174 Å². The van der Waals surface area contributed by atoms with Crippen LogP contribution in [0.1, 0.15) is 41.2 Å². The molecule has 0 aliphatic heterocycles. The summed E-state index contributed by atoms with van der Waals surface area (Å²) in [5.41, 5.74) is 4.31. The van der Waals surface area contributed by atoms with Gasteiger partial charge >= 0.3 is 5.69 Å². The second kappa shape index (κ2) is 7.44. The molecule has 8 heteroatoms. The van der Waals surface area contributed by atoms with Crippen LogP contribution in [0.25, 0.3) is 16.6 Å². The predicted octanol–water partition coefficient (Wildman–Crippen LogP) is 2.61. The summed E-state index contributed by atoms with van der Waals surface area (Å²) in [7, 11) is 0. The second-order valence-electron chi connectivity index (χ2n) is 7.75. The van der Waals surface area contributed by atoms with Gasteiger partial charge in [0.15, 0.2) is 5.65 Å². The highest BCUT2D eigenvalue weighted by atomic mass is 16.2. The first-order valence-electron chi connectivity index (χ1n) is 10.1. The lowest BCUT2D eigenvalue weighted by molar-refractivity contribution is 0.0934. The molecule has 1 amide bonds. The van der Waals surface area contributed by atoms with Crippen molar-refractivity contribution in [3.63, 3.8) is 0 Å². The maximum absolute atomic E-state index is 13.1. The standard InChI is InChI=1S/C22H26N6O2/c1-6-26-16(5)19(15(4)24-26)21(29)23-14(3)12-27-22(30)28-18-10-8-7-9-17(18)11-13(2)20(28)25-27/h7-11,14H,6,12H2,1-5H3,(H,23,29). The van der Waals surface area contributed by atoms with Gasteiger partial charge in [-0.05, 0) is 57.7 Å². The number of aryl methyl sites for hydroxylation is 3. The molecule has 8 nitrogen and oxygen atoms in total. The number of nitrogens with one attached hydrogen (secondary N) is 1. The molecule has 3 aromatic heterocycles. The molecule has 0 bridgehead atoms. The molecule has 3 heterocycles. The van der Waals surface area contributed by atoms with E-state index in [4.69, 9.17) is 0 Å². The van der Waals surface area contributed by atoms with Crippen LogP contribution in [-0.4, -0.2) is 35.9 Å². The van der Waals surface area contributed by atoms with Gasteiger partial charge in [-0.15, -0.1) is 5.10 Å². The Kier molecular flexibility index (Phi) is 4.93. The van der Waals surface area contributed by atoms with Crippen molar-refractivity contribution in [2.24, 2.45) is 0 Å². The fraction of sp³-hybridized carbons (Fsp3) is 0.364. The van der Waals surface area contributed by atoms with Gasteiger partial charge in [0.2, 0.25) is 0 Å². The molecule has 1 atom stereocenters. The quantitative estimate of drug-likeness (QED) is 0.552. The molecule has 0 aliphatic rings. The Bertz CT molecular complexity index is 1330. The lowest BCUT2D eigenvalue weighted by Crippen LogP contribution is -2.38. The van der Waals surface area contributed by atoms with Crippen molar-refractivity contribution in [3.05, 3.63) is 63.3 Å². The number of hydrogen-bond donors (Lipinski definition) is 1. The van der Waals surface area contributed by atoms with E-state index in [-0.39, 0.29) is 24.2 Å². The number of benzene rings is 1. The lowest BCUT2D eigenvalue weighted by atomic mass is 10.1. The minimum absolute atomic E-state index is 0.185. The van der Waals surface area contributed by atoms with Gasteiger partial charge < -0.3 is 5.32 Å². The van der Waals surface area contributed by atoms with E-state index in [2.05, 4.69) is 15.5 Å². The molecule has 30 heavy (non-hydrogen) atoms. The molecular weight excluding hydrogens is 380 g/mol. The van der Waals surface area contributed by atoms with Crippen LogP contribution in [-0.2, 0) is 13.1 Å². The number of hydrogen-bond acceptors (Lipinski definition) is 4. The number of amides is 1. The van der Waals surface area contributed by atoms with E-state index in [1.165, 1.54) is 4.68 Å². The van der Waals surface area contributed by atoms with Crippen LogP contribution >= 0.6 is 0 Å². The van der Waals surface area contributed by atoms with E-state index in [1.807, 2.05) is 69.6 Å². The summed E-state index contributed by atoms with van der Waals surface area (Å²) in [6.07, 6.45) is 0. The topological polar surface area (TPSA) is 86.2 Å².